The maximum Gasteiger partial charge on any atom is 0.155 e. The molecule has 0 aromatic carbocycles. The molecule has 0 aliphatic carbocycles. The fourth-order valence-electron chi connectivity index (χ4n) is 2.50. The molecule has 0 aliphatic heterocycles. The molecule has 0 unspecified atom stereocenters. The van der Waals surface area contributed by atoms with Crippen LogP contribution in [0, 0.1) is 0 Å². The fraction of sp³-hybridized carbons (Fsp3) is 0.733. The predicted molar refractivity (Wildman–Crippen MR) is 82.9 cm³/mol. The second kappa shape index (κ2) is 8.87. The summed E-state index contributed by atoms with van der Waals surface area (Å²) in [6.07, 6.45) is 4.76. The lowest BCUT2D eigenvalue weighted by atomic mass is 10.0. The summed E-state index contributed by atoms with van der Waals surface area (Å²) in [5.41, 5.74) is 9.38. The van der Waals surface area contributed by atoms with Crippen LogP contribution in [0.25, 0.3) is 0 Å². The largest absolute Gasteiger partial charge is 0.396 e. The van der Waals surface area contributed by atoms with Crippen molar-refractivity contribution in [1.82, 2.24) is 10.2 Å². The van der Waals surface area contributed by atoms with Crippen molar-refractivity contribution in [1.29, 1.82) is 0 Å². The van der Waals surface area contributed by atoms with Crippen LogP contribution in [0.5, 0.6) is 0 Å². The summed E-state index contributed by atoms with van der Waals surface area (Å²) < 4.78 is 0. The maximum absolute atomic E-state index is 8.80. The molecule has 0 amide bonds. The summed E-state index contributed by atoms with van der Waals surface area (Å²) in [4.78, 5) is 2.13. The Bertz CT molecular complexity index is 409. The summed E-state index contributed by atoms with van der Waals surface area (Å²) in [7, 11) is 2.03. The molecule has 0 fully saturated rings. The van der Waals surface area contributed by atoms with Crippen LogP contribution in [0.2, 0.25) is 0 Å². The fourth-order valence-corrected chi connectivity index (χ4v) is 2.50. The van der Waals surface area contributed by atoms with Gasteiger partial charge in [0.2, 0.25) is 0 Å². The zero-order valence-electron chi connectivity index (χ0n) is 13.0. The molecular weight excluding hydrogens is 252 g/mol. The highest BCUT2D eigenvalue weighted by Crippen LogP contribution is 2.23. The van der Waals surface area contributed by atoms with E-state index in [-0.39, 0.29) is 6.61 Å². The molecule has 5 nitrogen and oxygen atoms in total. The maximum atomic E-state index is 8.80. The number of hydrogen-bond acceptors (Lipinski definition) is 5. The number of hydrogen-bond donors (Lipinski definition) is 2. The minimum atomic E-state index is 0.267. The molecular formula is C15H28N4O. The molecule has 5 heteroatoms. The average Bonchev–Trinajstić information content (AvgIpc) is 2.49. The van der Waals surface area contributed by atoms with E-state index in [2.05, 4.69) is 28.9 Å². The SMILES string of the molecule is CCc1nnc(N(C)CCCCCO)c(CN)c1CC. The van der Waals surface area contributed by atoms with Gasteiger partial charge in [-0.25, -0.2) is 0 Å². The summed E-state index contributed by atoms with van der Waals surface area (Å²) in [5.74, 6) is 0.908. The van der Waals surface area contributed by atoms with Gasteiger partial charge in [0.15, 0.2) is 5.82 Å². The minimum absolute atomic E-state index is 0.267. The van der Waals surface area contributed by atoms with Crippen LogP contribution in [-0.2, 0) is 19.4 Å². The van der Waals surface area contributed by atoms with E-state index in [1.165, 1.54) is 5.56 Å². The standard InChI is InChI=1S/C15H28N4O/c1-4-12-13(11-16)15(18-17-14(12)5-2)19(3)9-7-6-8-10-20/h20H,4-11,16H2,1-3H3. The Labute approximate surface area is 122 Å². The van der Waals surface area contributed by atoms with Crippen molar-refractivity contribution in [2.45, 2.75) is 52.5 Å². The van der Waals surface area contributed by atoms with Crippen molar-refractivity contribution < 1.29 is 5.11 Å². The van der Waals surface area contributed by atoms with Gasteiger partial charge < -0.3 is 15.7 Å². The molecule has 20 heavy (non-hydrogen) atoms. The molecule has 0 aliphatic rings. The van der Waals surface area contributed by atoms with Crippen molar-refractivity contribution in [3.8, 4) is 0 Å². The van der Waals surface area contributed by atoms with Gasteiger partial charge in [0.05, 0.1) is 5.69 Å². The van der Waals surface area contributed by atoms with Crippen molar-refractivity contribution in [3.05, 3.63) is 16.8 Å². The number of aliphatic hydroxyl groups is 1. The van der Waals surface area contributed by atoms with Crippen molar-refractivity contribution >= 4 is 5.82 Å². The first kappa shape index (κ1) is 16.9. The third kappa shape index (κ3) is 4.15. The van der Waals surface area contributed by atoms with Gasteiger partial charge in [-0.1, -0.05) is 13.8 Å². The van der Waals surface area contributed by atoms with E-state index in [1.54, 1.807) is 0 Å². The number of nitrogens with zero attached hydrogens (tertiary/aromatic N) is 3. The molecule has 1 aromatic heterocycles. The molecule has 0 radical (unpaired) electrons. The molecule has 0 bridgehead atoms. The first-order chi connectivity index (χ1) is 9.69. The number of anilines is 1. The Kier molecular flexibility index (Phi) is 7.47. The van der Waals surface area contributed by atoms with Gasteiger partial charge in [-0.3, -0.25) is 0 Å². The topological polar surface area (TPSA) is 75.3 Å². The van der Waals surface area contributed by atoms with E-state index in [0.717, 1.165) is 55.7 Å². The van der Waals surface area contributed by atoms with Crippen LogP contribution in [-0.4, -0.2) is 35.5 Å². The van der Waals surface area contributed by atoms with Crippen molar-refractivity contribution in [2.24, 2.45) is 5.73 Å². The molecule has 114 valence electrons. The Balaban J connectivity index is 2.88. The quantitative estimate of drug-likeness (QED) is 0.673. The first-order valence-corrected chi connectivity index (χ1v) is 7.58. The zero-order chi connectivity index (χ0) is 15.0. The third-order valence-corrected chi connectivity index (χ3v) is 3.65. The van der Waals surface area contributed by atoms with Gasteiger partial charge in [-0.05, 0) is 37.7 Å². The molecule has 1 rings (SSSR count). The lowest BCUT2D eigenvalue weighted by molar-refractivity contribution is 0.283. The van der Waals surface area contributed by atoms with Crippen LogP contribution in [0.15, 0.2) is 0 Å². The van der Waals surface area contributed by atoms with Crippen LogP contribution < -0.4 is 10.6 Å². The number of nitrogens with two attached hydrogens (primary N) is 1. The lowest BCUT2D eigenvalue weighted by Gasteiger charge is -2.22. The average molecular weight is 280 g/mol. The van der Waals surface area contributed by atoms with Gasteiger partial charge >= 0.3 is 0 Å². The molecule has 0 atom stereocenters. The van der Waals surface area contributed by atoms with E-state index in [4.69, 9.17) is 10.8 Å². The van der Waals surface area contributed by atoms with E-state index in [9.17, 15) is 0 Å². The Morgan fingerprint density at radius 3 is 2.35 bits per heavy atom. The smallest absolute Gasteiger partial charge is 0.155 e. The summed E-state index contributed by atoms with van der Waals surface area (Å²) in [6.45, 7) is 5.92. The Morgan fingerprint density at radius 1 is 1.05 bits per heavy atom. The minimum Gasteiger partial charge on any atom is -0.396 e. The molecule has 1 aromatic rings. The number of aromatic nitrogens is 2. The highest BCUT2D eigenvalue weighted by atomic mass is 16.2. The van der Waals surface area contributed by atoms with Crippen molar-refractivity contribution in [2.75, 3.05) is 25.1 Å². The molecule has 1 heterocycles. The van der Waals surface area contributed by atoms with E-state index in [1.807, 2.05) is 7.05 Å². The lowest BCUT2D eigenvalue weighted by Crippen LogP contribution is -2.24. The Hall–Kier alpha value is -1.20. The van der Waals surface area contributed by atoms with Crippen LogP contribution in [0.4, 0.5) is 5.82 Å². The molecule has 3 N–H and O–H groups in total. The molecule has 0 saturated carbocycles. The number of aryl methyl sites for hydroxylation is 1. The normalized spacial score (nSPS) is 10.8. The third-order valence-electron chi connectivity index (χ3n) is 3.65. The van der Waals surface area contributed by atoms with Gasteiger partial charge in [-0.15, -0.1) is 5.10 Å². The predicted octanol–water partition coefficient (Wildman–Crippen LogP) is 1.66. The van der Waals surface area contributed by atoms with Crippen LogP contribution in [0.1, 0.15) is 49.9 Å². The highest BCUT2D eigenvalue weighted by Gasteiger charge is 2.15. The van der Waals surface area contributed by atoms with E-state index >= 15 is 0 Å². The van der Waals surface area contributed by atoms with Crippen molar-refractivity contribution in [3.63, 3.8) is 0 Å². The van der Waals surface area contributed by atoms with Gasteiger partial charge in [0, 0.05) is 32.3 Å². The number of aliphatic hydroxyl groups excluding tert-OH is 1. The van der Waals surface area contributed by atoms with Gasteiger partial charge in [0.25, 0.3) is 0 Å². The van der Waals surface area contributed by atoms with E-state index in [0.29, 0.717) is 6.54 Å². The zero-order valence-corrected chi connectivity index (χ0v) is 13.0. The van der Waals surface area contributed by atoms with Gasteiger partial charge in [0.1, 0.15) is 0 Å². The highest BCUT2D eigenvalue weighted by molar-refractivity contribution is 5.50. The summed E-state index contributed by atoms with van der Waals surface area (Å²) in [5, 5.41) is 17.5. The first-order valence-electron chi connectivity index (χ1n) is 7.58. The Morgan fingerprint density at radius 2 is 1.80 bits per heavy atom. The second-order valence-corrected chi connectivity index (χ2v) is 5.04. The van der Waals surface area contributed by atoms with E-state index < -0.39 is 0 Å². The van der Waals surface area contributed by atoms with Crippen LogP contribution >= 0.6 is 0 Å². The monoisotopic (exact) mass is 280 g/mol. The number of rotatable bonds is 9. The molecule has 0 saturated heterocycles. The summed E-state index contributed by atoms with van der Waals surface area (Å²) in [6, 6.07) is 0. The van der Waals surface area contributed by atoms with Gasteiger partial charge in [-0.2, -0.15) is 5.10 Å². The number of unbranched alkanes of at least 4 members (excludes halogenated alkanes) is 2. The summed E-state index contributed by atoms with van der Waals surface area (Å²) >= 11 is 0. The second-order valence-electron chi connectivity index (χ2n) is 5.04. The molecule has 0 spiro atoms. The van der Waals surface area contributed by atoms with Crippen LogP contribution in [0.3, 0.4) is 0 Å².